The number of pyridine rings is 2. The van der Waals surface area contributed by atoms with Crippen LogP contribution in [0.15, 0.2) is 30.5 Å². The highest BCUT2D eigenvalue weighted by molar-refractivity contribution is 5.90. The fraction of sp³-hybridized carbons (Fsp3) is 0.450. The Balaban J connectivity index is 1.76. The number of aromatic amines is 1. The second kappa shape index (κ2) is 7.62. The van der Waals surface area contributed by atoms with E-state index in [2.05, 4.69) is 39.3 Å². The molecule has 1 saturated heterocycles. The number of hydrogen-bond donors (Lipinski definition) is 2. The number of hydrogen-bond acceptors (Lipinski definition) is 5. The van der Waals surface area contributed by atoms with E-state index in [9.17, 15) is 13.2 Å². The molecule has 29 heavy (non-hydrogen) atoms. The molecular weight excluding hydrogens is 381 g/mol. The Labute approximate surface area is 166 Å². The van der Waals surface area contributed by atoms with E-state index in [1.165, 1.54) is 6.07 Å². The smallest absolute Gasteiger partial charge is 0.354 e. The Hall–Kier alpha value is -2.68. The fourth-order valence-electron chi connectivity index (χ4n) is 3.83. The van der Waals surface area contributed by atoms with Crippen LogP contribution in [-0.2, 0) is 6.18 Å². The van der Waals surface area contributed by atoms with Gasteiger partial charge in [-0.1, -0.05) is 13.8 Å². The zero-order chi connectivity index (χ0) is 20.6. The van der Waals surface area contributed by atoms with Gasteiger partial charge in [0.25, 0.3) is 0 Å². The van der Waals surface area contributed by atoms with E-state index in [1.807, 2.05) is 4.90 Å². The van der Waals surface area contributed by atoms with Crippen LogP contribution in [0.25, 0.3) is 22.4 Å². The van der Waals surface area contributed by atoms with Crippen LogP contribution >= 0.6 is 0 Å². The average molecular weight is 404 g/mol. The lowest BCUT2D eigenvalue weighted by molar-refractivity contribution is -0.137. The van der Waals surface area contributed by atoms with E-state index in [1.54, 1.807) is 18.3 Å². The van der Waals surface area contributed by atoms with Crippen molar-refractivity contribution in [1.29, 1.82) is 0 Å². The summed E-state index contributed by atoms with van der Waals surface area (Å²) in [5, 5.41) is 10.8. The van der Waals surface area contributed by atoms with Crippen LogP contribution in [-0.4, -0.2) is 45.8 Å². The van der Waals surface area contributed by atoms with Crippen molar-refractivity contribution in [1.82, 2.24) is 25.5 Å². The minimum atomic E-state index is -4.53. The van der Waals surface area contributed by atoms with Crippen molar-refractivity contribution >= 4 is 16.9 Å². The molecule has 4 rings (SSSR count). The summed E-state index contributed by atoms with van der Waals surface area (Å²) in [6.45, 7) is 6.48. The van der Waals surface area contributed by atoms with E-state index in [0.29, 0.717) is 35.9 Å². The number of nitrogens with zero attached hydrogens (tertiary/aromatic N) is 4. The Morgan fingerprint density at radius 3 is 2.79 bits per heavy atom. The molecule has 3 aromatic heterocycles. The first-order chi connectivity index (χ1) is 13.8. The number of nitrogens with one attached hydrogen (secondary N) is 2. The summed E-state index contributed by atoms with van der Waals surface area (Å²) in [6, 6.07) is 6.21. The van der Waals surface area contributed by atoms with Crippen LogP contribution in [0.2, 0.25) is 0 Å². The molecule has 1 aliphatic rings. The van der Waals surface area contributed by atoms with Crippen LogP contribution in [0.5, 0.6) is 0 Å². The van der Waals surface area contributed by atoms with Gasteiger partial charge in [0.1, 0.15) is 17.2 Å². The maximum Gasteiger partial charge on any atom is 0.418 e. The third-order valence-electron chi connectivity index (χ3n) is 5.08. The molecule has 0 radical (unpaired) electrons. The second-order valence-corrected chi connectivity index (χ2v) is 7.76. The molecule has 3 aromatic rings. The van der Waals surface area contributed by atoms with E-state index in [4.69, 9.17) is 0 Å². The lowest BCUT2D eigenvalue weighted by atomic mass is 10.0. The molecule has 1 unspecified atom stereocenters. The van der Waals surface area contributed by atoms with Gasteiger partial charge in [0.05, 0.1) is 5.56 Å². The number of H-pyrrole nitrogens is 1. The van der Waals surface area contributed by atoms with Crippen molar-refractivity contribution in [3.8, 4) is 11.4 Å². The monoisotopic (exact) mass is 404 g/mol. The van der Waals surface area contributed by atoms with Crippen LogP contribution in [0, 0.1) is 5.92 Å². The van der Waals surface area contributed by atoms with Crippen LogP contribution < -0.4 is 10.2 Å². The van der Waals surface area contributed by atoms with E-state index >= 15 is 0 Å². The number of anilines is 1. The highest BCUT2D eigenvalue weighted by Gasteiger charge is 2.36. The molecule has 0 aliphatic carbocycles. The molecule has 0 spiro atoms. The zero-order valence-corrected chi connectivity index (χ0v) is 16.3. The summed E-state index contributed by atoms with van der Waals surface area (Å²) in [4.78, 5) is 10.6. The van der Waals surface area contributed by atoms with Crippen molar-refractivity contribution in [2.45, 2.75) is 32.5 Å². The van der Waals surface area contributed by atoms with Crippen molar-refractivity contribution < 1.29 is 13.2 Å². The minimum Gasteiger partial charge on any atom is -0.354 e. The standard InChI is InChI=1S/C20H23F3N6/c1-12(2)10-13-11-29(9-8-24-13)16-6-5-15(20(21,22)23)18(26-16)17-14-4-3-7-25-19(14)28-27-17/h3-7,12-13,24H,8-11H2,1-2H3,(H,25,27,28). The predicted octanol–water partition coefficient (Wildman–Crippen LogP) is 3.86. The first-order valence-corrected chi connectivity index (χ1v) is 9.69. The van der Waals surface area contributed by atoms with E-state index in [-0.39, 0.29) is 17.4 Å². The highest BCUT2D eigenvalue weighted by atomic mass is 19.4. The maximum absolute atomic E-state index is 13.7. The molecule has 0 aromatic carbocycles. The fourth-order valence-corrected chi connectivity index (χ4v) is 3.83. The van der Waals surface area contributed by atoms with Gasteiger partial charge in [0.2, 0.25) is 0 Å². The molecule has 154 valence electrons. The largest absolute Gasteiger partial charge is 0.418 e. The Kier molecular flexibility index (Phi) is 5.16. The average Bonchev–Trinajstić information content (AvgIpc) is 3.10. The van der Waals surface area contributed by atoms with E-state index < -0.39 is 11.7 Å². The molecule has 2 N–H and O–H groups in total. The lowest BCUT2D eigenvalue weighted by Crippen LogP contribution is -2.51. The topological polar surface area (TPSA) is 69.7 Å². The van der Waals surface area contributed by atoms with Gasteiger partial charge >= 0.3 is 6.18 Å². The molecular formula is C20H23F3N6. The summed E-state index contributed by atoms with van der Waals surface area (Å²) >= 11 is 0. The predicted molar refractivity (Wildman–Crippen MR) is 106 cm³/mol. The molecule has 0 saturated carbocycles. The first kappa shape index (κ1) is 19.6. The number of piperazine rings is 1. The zero-order valence-electron chi connectivity index (χ0n) is 16.3. The normalized spacial score (nSPS) is 18.0. The first-order valence-electron chi connectivity index (χ1n) is 9.69. The Bertz CT molecular complexity index is 997. The molecule has 1 atom stereocenters. The molecule has 9 heteroatoms. The number of aromatic nitrogens is 4. The van der Waals surface area contributed by atoms with Gasteiger partial charge in [-0.2, -0.15) is 18.3 Å². The second-order valence-electron chi connectivity index (χ2n) is 7.76. The minimum absolute atomic E-state index is 0.163. The maximum atomic E-state index is 13.7. The van der Waals surface area contributed by atoms with Gasteiger partial charge in [-0.3, -0.25) is 5.10 Å². The van der Waals surface area contributed by atoms with Gasteiger partial charge in [0.15, 0.2) is 5.65 Å². The van der Waals surface area contributed by atoms with E-state index in [0.717, 1.165) is 19.0 Å². The van der Waals surface area contributed by atoms with Gasteiger partial charge in [-0.05, 0) is 36.6 Å². The van der Waals surface area contributed by atoms with Gasteiger partial charge in [-0.25, -0.2) is 9.97 Å². The van der Waals surface area contributed by atoms with Crippen molar-refractivity contribution in [2.75, 3.05) is 24.5 Å². The third kappa shape index (κ3) is 4.05. The van der Waals surface area contributed by atoms with Crippen molar-refractivity contribution in [3.63, 3.8) is 0 Å². The summed E-state index contributed by atoms with van der Waals surface area (Å²) in [7, 11) is 0. The summed E-state index contributed by atoms with van der Waals surface area (Å²) in [5.74, 6) is 1.06. The lowest BCUT2D eigenvalue weighted by Gasteiger charge is -2.35. The molecule has 0 bridgehead atoms. The van der Waals surface area contributed by atoms with Crippen molar-refractivity contribution in [3.05, 3.63) is 36.0 Å². The SMILES string of the molecule is CC(C)CC1CN(c2ccc(C(F)(F)F)c(-c3n[nH]c4ncccc34)n2)CCN1. The summed E-state index contributed by atoms with van der Waals surface area (Å²) < 4.78 is 41.1. The number of rotatable bonds is 4. The van der Waals surface area contributed by atoms with Gasteiger partial charge in [-0.15, -0.1) is 0 Å². The van der Waals surface area contributed by atoms with Crippen LogP contribution in [0.3, 0.4) is 0 Å². The number of halogens is 3. The summed E-state index contributed by atoms with van der Waals surface area (Å²) in [5.41, 5.74) is -0.376. The van der Waals surface area contributed by atoms with Crippen molar-refractivity contribution in [2.24, 2.45) is 5.92 Å². The molecule has 1 fully saturated rings. The number of alkyl halides is 3. The molecule has 4 heterocycles. The number of fused-ring (bicyclic) bond motifs is 1. The Morgan fingerprint density at radius 1 is 1.21 bits per heavy atom. The highest BCUT2D eigenvalue weighted by Crippen LogP contribution is 2.38. The van der Waals surface area contributed by atoms with Crippen LogP contribution in [0.1, 0.15) is 25.8 Å². The molecule has 0 amide bonds. The molecule has 1 aliphatic heterocycles. The molecule has 6 nitrogen and oxygen atoms in total. The van der Waals surface area contributed by atoms with Gasteiger partial charge in [0, 0.05) is 37.3 Å². The van der Waals surface area contributed by atoms with Gasteiger partial charge < -0.3 is 10.2 Å². The quantitative estimate of drug-likeness (QED) is 0.691. The Morgan fingerprint density at radius 2 is 2.03 bits per heavy atom. The summed E-state index contributed by atoms with van der Waals surface area (Å²) in [6.07, 6.45) is -1.97. The van der Waals surface area contributed by atoms with Crippen LogP contribution in [0.4, 0.5) is 19.0 Å². The third-order valence-corrected chi connectivity index (χ3v) is 5.08.